The highest BCUT2D eigenvalue weighted by molar-refractivity contribution is 5.79. The number of carbonyl (C=O) groups excluding carboxylic acids is 2. The average molecular weight is 531 g/mol. The molecule has 0 aromatic heterocycles. The standard InChI is InChI=1S/C34H58O4/c1-12-25-19-24(4)20-34(11,21-25)33(9,10)38-29(35)23-37-30(36)27-17-15-26(16-18-27)28(32(7,8)14-3)22-31(5,6)13-2/h15,17,21,24,26-28H,12-14,16,18-20,22-23H2,1-11H3. The van der Waals surface area contributed by atoms with Crippen LogP contribution in [0, 0.1) is 39.9 Å². The van der Waals surface area contributed by atoms with E-state index in [1.54, 1.807) is 0 Å². The van der Waals surface area contributed by atoms with Crippen LogP contribution in [0.3, 0.4) is 0 Å². The molecule has 0 aliphatic heterocycles. The first-order chi connectivity index (χ1) is 17.5. The van der Waals surface area contributed by atoms with Gasteiger partial charge in [-0.3, -0.25) is 4.79 Å². The molecule has 38 heavy (non-hydrogen) atoms. The summed E-state index contributed by atoms with van der Waals surface area (Å²) in [7, 11) is 0. The van der Waals surface area contributed by atoms with E-state index in [-0.39, 0.29) is 29.3 Å². The van der Waals surface area contributed by atoms with Gasteiger partial charge in [0.25, 0.3) is 0 Å². The van der Waals surface area contributed by atoms with Crippen LogP contribution in [-0.4, -0.2) is 24.1 Å². The molecule has 0 amide bonds. The molecule has 4 heteroatoms. The van der Waals surface area contributed by atoms with Gasteiger partial charge in [-0.1, -0.05) is 99.0 Å². The Morgan fingerprint density at radius 1 is 1.03 bits per heavy atom. The van der Waals surface area contributed by atoms with Crippen molar-refractivity contribution >= 4 is 11.9 Å². The molecule has 0 radical (unpaired) electrons. The topological polar surface area (TPSA) is 52.6 Å². The Labute approximate surface area is 234 Å². The average Bonchev–Trinajstić information content (AvgIpc) is 2.85. The molecule has 5 unspecified atom stereocenters. The van der Waals surface area contributed by atoms with Crippen LogP contribution in [0.2, 0.25) is 0 Å². The second-order valence-electron chi connectivity index (χ2n) is 14.6. The first-order valence-electron chi connectivity index (χ1n) is 15.3. The molecule has 0 saturated carbocycles. The molecule has 0 bridgehead atoms. The maximum Gasteiger partial charge on any atom is 0.344 e. The molecule has 0 heterocycles. The minimum absolute atomic E-state index is 0.241. The van der Waals surface area contributed by atoms with Gasteiger partial charge in [-0.2, -0.15) is 0 Å². The monoisotopic (exact) mass is 530 g/mol. The SMILES string of the molecule is CCC1=CC(C)(C(C)(C)OC(=O)COC(=O)C2C=CC(C(CC(C)(C)CC)C(C)(C)CC)CC2)CC(C)C1. The predicted octanol–water partition coefficient (Wildman–Crippen LogP) is 9.09. The highest BCUT2D eigenvalue weighted by Crippen LogP contribution is 2.48. The van der Waals surface area contributed by atoms with E-state index >= 15 is 0 Å². The third-order valence-electron chi connectivity index (χ3n) is 10.3. The molecular weight excluding hydrogens is 472 g/mol. The number of ether oxygens (including phenoxy) is 2. The zero-order chi connectivity index (χ0) is 28.9. The Morgan fingerprint density at radius 2 is 1.68 bits per heavy atom. The van der Waals surface area contributed by atoms with Crippen LogP contribution >= 0.6 is 0 Å². The second kappa shape index (κ2) is 12.7. The van der Waals surface area contributed by atoms with Crippen molar-refractivity contribution in [2.45, 2.75) is 133 Å². The summed E-state index contributed by atoms with van der Waals surface area (Å²) in [6.45, 7) is 24.3. The van der Waals surface area contributed by atoms with Crippen molar-refractivity contribution < 1.29 is 19.1 Å². The van der Waals surface area contributed by atoms with E-state index in [2.05, 4.69) is 74.5 Å². The van der Waals surface area contributed by atoms with E-state index in [1.165, 1.54) is 12.0 Å². The molecule has 0 saturated heterocycles. The summed E-state index contributed by atoms with van der Waals surface area (Å²) in [6, 6.07) is 0. The Bertz CT molecular complexity index is 877. The maximum atomic E-state index is 12.9. The fourth-order valence-corrected chi connectivity index (χ4v) is 6.53. The van der Waals surface area contributed by atoms with Crippen molar-refractivity contribution in [1.82, 2.24) is 0 Å². The third kappa shape index (κ3) is 8.21. The quantitative estimate of drug-likeness (QED) is 0.186. The Hall–Kier alpha value is -1.58. The Kier molecular flexibility index (Phi) is 10.9. The normalized spacial score (nSPS) is 27.4. The first kappa shape index (κ1) is 32.6. The largest absolute Gasteiger partial charge is 0.456 e. The zero-order valence-corrected chi connectivity index (χ0v) is 26.5. The summed E-state index contributed by atoms with van der Waals surface area (Å²) >= 11 is 0. The van der Waals surface area contributed by atoms with Gasteiger partial charge in [0, 0.05) is 5.41 Å². The van der Waals surface area contributed by atoms with Crippen molar-refractivity contribution in [3.05, 3.63) is 23.8 Å². The molecular formula is C34H58O4. The lowest BCUT2D eigenvalue weighted by molar-refractivity contribution is -0.177. The smallest absolute Gasteiger partial charge is 0.344 e. The number of carbonyl (C=O) groups is 2. The van der Waals surface area contributed by atoms with Gasteiger partial charge >= 0.3 is 11.9 Å². The van der Waals surface area contributed by atoms with E-state index in [0.717, 1.165) is 44.9 Å². The summed E-state index contributed by atoms with van der Waals surface area (Å²) in [5, 5.41) is 0. The molecule has 4 nitrogen and oxygen atoms in total. The van der Waals surface area contributed by atoms with Gasteiger partial charge in [0.1, 0.15) is 5.60 Å². The number of rotatable bonds is 12. The highest BCUT2D eigenvalue weighted by atomic mass is 16.6. The van der Waals surface area contributed by atoms with Gasteiger partial charge in [-0.15, -0.1) is 0 Å². The van der Waals surface area contributed by atoms with Gasteiger partial charge in [0.15, 0.2) is 6.61 Å². The second-order valence-corrected chi connectivity index (χ2v) is 14.6. The lowest BCUT2D eigenvalue weighted by atomic mass is 9.62. The lowest BCUT2D eigenvalue weighted by Gasteiger charge is -2.46. The van der Waals surface area contributed by atoms with Crippen molar-refractivity contribution in [3.63, 3.8) is 0 Å². The van der Waals surface area contributed by atoms with Crippen molar-refractivity contribution in [1.29, 1.82) is 0 Å². The van der Waals surface area contributed by atoms with Crippen molar-refractivity contribution in [2.75, 3.05) is 6.61 Å². The van der Waals surface area contributed by atoms with E-state index in [0.29, 0.717) is 23.2 Å². The fraction of sp³-hybridized carbons (Fsp3) is 0.824. The molecule has 218 valence electrons. The Balaban J connectivity index is 1.98. The number of hydrogen-bond donors (Lipinski definition) is 0. The molecule has 0 N–H and O–H groups in total. The number of esters is 2. The van der Waals surface area contributed by atoms with Crippen LogP contribution in [-0.2, 0) is 19.1 Å². The summed E-state index contributed by atoms with van der Waals surface area (Å²) in [5.74, 6) is 0.500. The molecule has 5 atom stereocenters. The number of hydrogen-bond acceptors (Lipinski definition) is 4. The van der Waals surface area contributed by atoms with Crippen LogP contribution in [0.5, 0.6) is 0 Å². The van der Waals surface area contributed by atoms with Crippen LogP contribution in [0.25, 0.3) is 0 Å². The van der Waals surface area contributed by atoms with Crippen LogP contribution in [0.1, 0.15) is 128 Å². The lowest BCUT2D eigenvalue weighted by Crippen LogP contribution is -2.47. The van der Waals surface area contributed by atoms with Crippen LogP contribution < -0.4 is 0 Å². The van der Waals surface area contributed by atoms with E-state index in [4.69, 9.17) is 9.47 Å². The maximum absolute atomic E-state index is 12.9. The summed E-state index contributed by atoms with van der Waals surface area (Å²) in [4.78, 5) is 25.6. The fourth-order valence-electron chi connectivity index (χ4n) is 6.53. The van der Waals surface area contributed by atoms with Gasteiger partial charge in [0.2, 0.25) is 0 Å². The molecule has 0 aromatic carbocycles. The summed E-state index contributed by atoms with van der Waals surface area (Å²) in [5.41, 5.74) is 1.04. The minimum atomic E-state index is -0.684. The molecule has 2 aliphatic rings. The zero-order valence-electron chi connectivity index (χ0n) is 26.5. The third-order valence-corrected chi connectivity index (χ3v) is 10.3. The van der Waals surface area contributed by atoms with Gasteiger partial charge in [-0.25, -0.2) is 4.79 Å². The van der Waals surface area contributed by atoms with E-state index in [9.17, 15) is 9.59 Å². The van der Waals surface area contributed by atoms with Crippen molar-refractivity contribution in [2.24, 2.45) is 39.9 Å². The van der Waals surface area contributed by atoms with Crippen LogP contribution in [0.4, 0.5) is 0 Å². The number of allylic oxidation sites excluding steroid dienone is 2. The predicted molar refractivity (Wildman–Crippen MR) is 158 cm³/mol. The molecule has 0 fully saturated rings. The van der Waals surface area contributed by atoms with Gasteiger partial charge < -0.3 is 9.47 Å². The summed E-state index contributed by atoms with van der Waals surface area (Å²) < 4.78 is 11.4. The summed E-state index contributed by atoms with van der Waals surface area (Å²) in [6.07, 6.45) is 14.9. The van der Waals surface area contributed by atoms with Gasteiger partial charge in [0.05, 0.1) is 5.92 Å². The molecule has 2 rings (SSSR count). The molecule has 0 aromatic rings. The first-order valence-corrected chi connectivity index (χ1v) is 15.3. The van der Waals surface area contributed by atoms with Crippen molar-refractivity contribution in [3.8, 4) is 0 Å². The molecule has 0 spiro atoms. The van der Waals surface area contributed by atoms with Crippen LogP contribution in [0.15, 0.2) is 23.8 Å². The van der Waals surface area contributed by atoms with E-state index < -0.39 is 11.6 Å². The molecule has 2 aliphatic carbocycles. The minimum Gasteiger partial charge on any atom is -0.456 e. The van der Waals surface area contributed by atoms with Gasteiger partial charge in [-0.05, 0) is 81.0 Å². The highest BCUT2D eigenvalue weighted by Gasteiger charge is 2.45. The van der Waals surface area contributed by atoms with E-state index in [1.807, 2.05) is 19.9 Å². The Morgan fingerprint density at radius 3 is 2.21 bits per heavy atom.